The molecule has 0 saturated heterocycles. The van der Waals surface area contributed by atoms with Crippen LogP contribution in [0.4, 0.5) is 5.95 Å². The number of rotatable bonds is 5. The second-order valence-electron chi connectivity index (χ2n) is 3.68. The lowest BCUT2D eigenvalue weighted by molar-refractivity contribution is -0.122. The summed E-state index contributed by atoms with van der Waals surface area (Å²) in [6.07, 6.45) is 0.975. The Kier molecular flexibility index (Phi) is 4.42. The van der Waals surface area contributed by atoms with Crippen molar-refractivity contribution in [2.45, 2.75) is 33.3 Å². The van der Waals surface area contributed by atoms with Crippen molar-refractivity contribution in [3.8, 4) is 0 Å². The molecule has 0 spiro atoms. The van der Waals surface area contributed by atoms with Crippen LogP contribution >= 0.6 is 0 Å². The van der Waals surface area contributed by atoms with Crippen molar-refractivity contribution in [2.24, 2.45) is 7.05 Å². The van der Waals surface area contributed by atoms with Crippen molar-refractivity contribution in [2.75, 3.05) is 11.9 Å². The van der Waals surface area contributed by atoms with E-state index >= 15 is 0 Å². The maximum Gasteiger partial charge on any atom is 0.252 e. The summed E-state index contributed by atoms with van der Waals surface area (Å²) in [7, 11) is 1.73. The van der Waals surface area contributed by atoms with Gasteiger partial charge >= 0.3 is 0 Å². The van der Waals surface area contributed by atoms with Crippen molar-refractivity contribution >= 4 is 11.9 Å². The third-order valence-corrected chi connectivity index (χ3v) is 2.19. The highest BCUT2D eigenvalue weighted by atomic mass is 16.5. The molecule has 0 fully saturated rings. The second-order valence-corrected chi connectivity index (χ2v) is 3.68. The highest BCUT2D eigenvalue weighted by Gasteiger charge is 2.09. The standard InChI is InChI=1S/C10H18N4O2/c1-5-7(2)16-6-9(15)12-10-11-8(3)13-14(10)4/h7H,5-6H2,1-4H3,(H,11,12,13,15)/t7-/m0/s1. The van der Waals surface area contributed by atoms with Crippen LogP contribution in [-0.4, -0.2) is 33.4 Å². The lowest BCUT2D eigenvalue weighted by Crippen LogP contribution is -2.23. The van der Waals surface area contributed by atoms with Crippen LogP contribution in [-0.2, 0) is 16.6 Å². The van der Waals surface area contributed by atoms with Gasteiger partial charge in [0.25, 0.3) is 5.91 Å². The highest BCUT2D eigenvalue weighted by Crippen LogP contribution is 2.02. The van der Waals surface area contributed by atoms with Crippen LogP contribution in [0.3, 0.4) is 0 Å². The Hall–Kier alpha value is -1.43. The molecule has 0 aliphatic heterocycles. The van der Waals surface area contributed by atoms with Gasteiger partial charge in [-0.15, -0.1) is 0 Å². The predicted octanol–water partition coefficient (Wildman–Crippen LogP) is 0.877. The first-order chi connectivity index (χ1) is 7.52. The summed E-state index contributed by atoms with van der Waals surface area (Å²) >= 11 is 0. The van der Waals surface area contributed by atoms with Crippen LogP contribution in [0.5, 0.6) is 0 Å². The van der Waals surface area contributed by atoms with E-state index in [0.29, 0.717) is 11.8 Å². The minimum absolute atomic E-state index is 0.0426. The number of nitrogens with one attached hydrogen (secondary N) is 1. The average Bonchev–Trinajstić information content (AvgIpc) is 2.54. The quantitative estimate of drug-likeness (QED) is 0.809. The molecule has 1 aromatic rings. The zero-order valence-corrected chi connectivity index (χ0v) is 10.1. The molecule has 1 rings (SSSR count). The molecule has 0 aromatic carbocycles. The SMILES string of the molecule is CC[C@H](C)OCC(=O)Nc1nc(C)nn1C. The normalized spacial score (nSPS) is 12.5. The maximum atomic E-state index is 11.5. The van der Waals surface area contributed by atoms with Crippen molar-refractivity contribution in [1.29, 1.82) is 0 Å². The summed E-state index contributed by atoms with van der Waals surface area (Å²) in [6, 6.07) is 0. The molecule has 0 saturated carbocycles. The Balaban J connectivity index is 2.43. The van der Waals surface area contributed by atoms with Gasteiger partial charge in [-0.05, 0) is 20.3 Å². The number of amides is 1. The molecule has 90 valence electrons. The zero-order chi connectivity index (χ0) is 12.1. The molecule has 6 heteroatoms. The molecule has 0 radical (unpaired) electrons. The third kappa shape index (κ3) is 3.62. The second kappa shape index (κ2) is 5.60. The van der Waals surface area contributed by atoms with Crippen LogP contribution in [0.2, 0.25) is 0 Å². The first-order valence-electron chi connectivity index (χ1n) is 5.32. The molecule has 0 aliphatic carbocycles. The van der Waals surface area contributed by atoms with Crippen LogP contribution in [0.25, 0.3) is 0 Å². The smallest absolute Gasteiger partial charge is 0.252 e. The molecule has 1 amide bonds. The van der Waals surface area contributed by atoms with Gasteiger partial charge < -0.3 is 4.74 Å². The van der Waals surface area contributed by atoms with Gasteiger partial charge in [0.15, 0.2) is 0 Å². The molecule has 1 heterocycles. The Morgan fingerprint density at radius 1 is 1.62 bits per heavy atom. The zero-order valence-electron chi connectivity index (χ0n) is 10.1. The lowest BCUT2D eigenvalue weighted by atomic mass is 10.3. The average molecular weight is 226 g/mol. The van der Waals surface area contributed by atoms with Crippen molar-refractivity contribution < 1.29 is 9.53 Å². The number of hydrogen-bond acceptors (Lipinski definition) is 4. The largest absolute Gasteiger partial charge is 0.369 e. The van der Waals surface area contributed by atoms with E-state index in [1.165, 1.54) is 4.68 Å². The molecule has 1 N–H and O–H groups in total. The van der Waals surface area contributed by atoms with Gasteiger partial charge in [0.1, 0.15) is 12.4 Å². The van der Waals surface area contributed by atoms with Crippen LogP contribution in [0, 0.1) is 6.92 Å². The number of hydrogen-bond donors (Lipinski definition) is 1. The van der Waals surface area contributed by atoms with E-state index in [1.807, 2.05) is 13.8 Å². The van der Waals surface area contributed by atoms with E-state index in [-0.39, 0.29) is 18.6 Å². The van der Waals surface area contributed by atoms with Crippen LogP contribution < -0.4 is 5.32 Å². The van der Waals surface area contributed by atoms with E-state index < -0.39 is 0 Å². The summed E-state index contributed by atoms with van der Waals surface area (Å²) in [5, 5.41) is 6.66. The molecule has 16 heavy (non-hydrogen) atoms. The van der Waals surface area contributed by atoms with Crippen molar-refractivity contribution in [1.82, 2.24) is 14.8 Å². The van der Waals surface area contributed by atoms with E-state index in [1.54, 1.807) is 14.0 Å². The first kappa shape index (κ1) is 12.6. The summed E-state index contributed by atoms with van der Waals surface area (Å²) in [4.78, 5) is 15.5. The number of aryl methyl sites for hydroxylation is 2. The van der Waals surface area contributed by atoms with Crippen LogP contribution in [0.1, 0.15) is 26.1 Å². The topological polar surface area (TPSA) is 69.0 Å². The number of nitrogens with zero attached hydrogens (tertiary/aromatic N) is 3. The number of carbonyl (C=O) groups is 1. The summed E-state index contributed by atoms with van der Waals surface area (Å²) in [5.74, 6) is 0.853. The van der Waals surface area contributed by atoms with Crippen molar-refractivity contribution in [3.05, 3.63) is 5.82 Å². The molecular formula is C10H18N4O2. The maximum absolute atomic E-state index is 11.5. The molecular weight excluding hydrogens is 208 g/mol. The molecule has 0 unspecified atom stereocenters. The molecule has 0 bridgehead atoms. The Bertz CT molecular complexity index is 362. The predicted molar refractivity (Wildman–Crippen MR) is 60.1 cm³/mol. The fraction of sp³-hybridized carbons (Fsp3) is 0.700. The number of aromatic nitrogens is 3. The highest BCUT2D eigenvalue weighted by molar-refractivity contribution is 5.90. The minimum atomic E-state index is -0.212. The van der Waals surface area contributed by atoms with Gasteiger partial charge in [0.05, 0.1) is 6.10 Å². The molecule has 0 aliphatic rings. The lowest BCUT2D eigenvalue weighted by Gasteiger charge is -2.09. The fourth-order valence-electron chi connectivity index (χ4n) is 1.12. The van der Waals surface area contributed by atoms with Gasteiger partial charge in [-0.25, -0.2) is 4.68 Å². The monoisotopic (exact) mass is 226 g/mol. The molecule has 6 nitrogen and oxygen atoms in total. The van der Waals surface area contributed by atoms with Gasteiger partial charge in [-0.1, -0.05) is 6.92 Å². The van der Waals surface area contributed by atoms with E-state index in [9.17, 15) is 4.79 Å². The Morgan fingerprint density at radius 2 is 2.31 bits per heavy atom. The Morgan fingerprint density at radius 3 is 2.81 bits per heavy atom. The molecule has 1 atom stereocenters. The number of carbonyl (C=O) groups excluding carboxylic acids is 1. The van der Waals surface area contributed by atoms with Gasteiger partial charge in [-0.3, -0.25) is 10.1 Å². The summed E-state index contributed by atoms with van der Waals surface area (Å²) in [5.41, 5.74) is 0. The van der Waals surface area contributed by atoms with Gasteiger partial charge in [0, 0.05) is 7.05 Å². The minimum Gasteiger partial charge on any atom is -0.369 e. The molecule has 1 aromatic heterocycles. The van der Waals surface area contributed by atoms with Gasteiger partial charge in [-0.2, -0.15) is 10.1 Å². The summed E-state index contributed by atoms with van der Waals surface area (Å²) < 4.78 is 6.83. The van der Waals surface area contributed by atoms with E-state index in [0.717, 1.165) is 6.42 Å². The van der Waals surface area contributed by atoms with E-state index in [2.05, 4.69) is 15.4 Å². The Labute approximate surface area is 95.0 Å². The van der Waals surface area contributed by atoms with Gasteiger partial charge in [0.2, 0.25) is 5.95 Å². The number of anilines is 1. The number of ether oxygens (including phenoxy) is 1. The van der Waals surface area contributed by atoms with Crippen molar-refractivity contribution in [3.63, 3.8) is 0 Å². The third-order valence-electron chi connectivity index (χ3n) is 2.19. The summed E-state index contributed by atoms with van der Waals surface area (Å²) in [6.45, 7) is 5.75. The fourth-order valence-corrected chi connectivity index (χ4v) is 1.12. The first-order valence-corrected chi connectivity index (χ1v) is 5.32. The van der Waals surface area contributed by atoms with E-state index in [4.69, 9.17) is 4.74 Å². The van der Waals surface area contributed by atoms with Crippen LogP contribution in [0.15, 0.2) is 0 Å².